The number of ether oxygens (including phenoxy) is 1. The molecular weight excluding hydrogens is 292 g/mol. The number of thiocarbonyl (C=S) groups is 1. The van der Waals surface area contributed by atoms with E-state index in [0.29, 0.717) is 0 Å². The van der Waals surface area contributed by atoms with Crippen LogP contribution in [0.15, 0.2) is 24.3 Å². The average molecular weight is 315 g/mol. The lowest BCUT2D eigenvalue weighted by Crippen LogP contribution is -2.39. The third-order valence-electron chi connectivity index (χ3n) is 3.20. The summed E-state index contributed by atoms with van der Waals surface area (Å²) in [6, 6.07) is 8.07. The first-order valence-corrected chi connectivity index (χ1v) is 7.68. The van der Waals surface area contributed by atoms with E-state index in [1.807, 2.05) is 38.2 Å². The monoisotopic (exact) mass is 314 g/mol. The number of hydrogen-bond acceptors (Lipinski definition) is 2. The van der Waals surface area contributed by atoms with Crippen LogP contribution in [0.25, 0.3) is 0 Å². The molecule has 1 aromatic carbocycles. The second-order valence-corrected chi connectivity index (χ2v) is 5.44. The minimum Gasteiger partial charge on any atom is -0.382 e. The van der Waals surface area contributed by atoms with Crippen LogP contribution < -0.4 is 5.32 Å². The van der Waals surface area contributed by atoms with Gasteiger partial charge >= 0.3 is 0 Å². The van der Waals surface area contributed by atoms with Crippen molar-refractivity contribution < 1.29 is 4.74 Å². The Balaban J connectivity index is 2.41. The van der Waals surface area contributed by atoms with Gasteiger partial charge in [-0.05, 0) is 50.2 Å². The molecule has 3 nitrogen and oxygen atoms in total. The Morgan fingerprint density at radius 1 is 1.40 bits per heavy atom. The highest BCUT2D eigenvalue weighted by Gasteiger charge is 2.13. The third-order valence-corrected chi connectivity index (χ3v) is 3.88. The van der Waals surface area contributed by atoms with Crippen LogP contribution in [-0.2, 0) is 4.74 Å². The van der Waals surface area contributed by atoms with E-state index in [4.69, 9.17) is 28.6 Å². The van der Waals surface area contributed by atoms with E-state index >= 15 is 0 Å². The molecule has 0 radical (unpaired) electrons. The van der Waals surface area contributed by atoms with Crippen molar-refractivity contribution in [3.63, 3.8) is 0 Å². The van der Waals surface area contributed by atoms with Crippen LogP contribution in [0.3, 0.4) is 0 Å². The van der Waals surface area contributed by atoms with Crippen LogP contribution in [0.2, 0.25) is 5.02 Å². The predicted octanol–water partition coefficient (Wildman–Crippen LogP) is 3.63. The van der Waals surface area contributed by atoms with Crippen LogP contribution in [0, 0.1) is 0 Å². The second-order valence-electron chi connectivity index (χ2n) is 4.62. The minimum absolute atomic E-state index is 0.208. The third kappa shape index (κ3) is 5.65. The predicted molar refractivity (Wildman–Crippen MR) is 89.3 cm³/mol. The largest absolute Gasteiger partial charge is 0.382 e. The van der Waals surface area contributed by atoms with Crippen molar-refractivity contribution in [1.82, 2.24) is 10.2 Å². The highest BCUT2D eigenvalue weighted by Crippen LogP contribution is 2.20. The normalized spacial score (nSPS) is 12.0. The van der Waals surface area contributed by atoms with Gasteiger partial charge in [-0.1, -0.05) is 23.7 Å². The molecule has 0 fully saturated rings. The Morgan fingerprint density at radius 3 is 2.65 bits per heavy atom. The van der Waals surface area contributed by atoms with Crippen LogP contribution >= 0.6 is 23.8 Å². The summed E-state index contributed by atoms with van der Waals surface area (Å²) in [6.07, 6.45) is 0.956. The van der Waals surface area contributed by atoms with Gasteiger partial charge in [0.2, 0.25) is 0 Å². The summed E-state index contributed by atoms with van der Waals surface area (Å²) in [4.78, 5) is 2.05. The van der Waals surface area contributed by atoms with Gasteiger partial charge in [-0.2, -0.15) is 0 Å². The highest BCUT2D eigenvalue weighted by atomic mass is 35.5. The van der Waals surface area contributed by atoms with Crippen molar-refractivity contribution in [1.29, 1.82) is 0 Å². The summed E-state index contributed by atoms with van der Waals surface area (Å²) in [5.41, 5.74) is 1.19. The molecule has 0 aromatic heterocycles. The van der Waals surface area contributed by atoms with Crippen molar-refractivity contribution in [2.45, 2.75) is 26.3 Å². The van der Waals surface area contributed by atoms with E-state index in [9.17, 15) is 0 Å². The van der Waals surface area contributed by atoms with Crippen molar-refractivity contribution in [3.8, 4) is 0 Å². The van der Waals surface area contributed by atoms with Gasteiger partial charge in [-0.3, -0.25) is 0 Å². The summed E-state index contributed by atoms with van der Waals surface area (Å²) in [6.45, 7) is 6.48. The maximum Gasteiger partial charge on any atom is 0.169 e. The molecule has 1 N–H and O–H groups in total. The maximum absolute atomic E-state index is 5.91. The molecule has 0 amide bonds. The molecule has 1 rings (SSSR count). The van der Waals surface area contributed by atoms with E-state index in [1.165, 1.54) is 5.56 Å². The van der Waals surface area contributed by atoms with Crippen molar-refractivity contribution in [2.75, 3.05) is 26.8 Å². The first kappa shape index (κ1) is 17.2. The zero-order chi connectivity index (χ0) is 15.0. The lowest BCUT2D eigenvalue weighted by molar-refractivity contribution is 0.145. The molecule has 0 saturated heterocycles. The molecule has 0 aliphatic rings. The highest BCUT2D eigenvalue weighted by molar-refractivity contribution is 7.80. The first-order chi connectivity index (χ1) is 9.56. The van der Waals surface area contributed by atoms with Gasteiger partial charge in [0.05, 0.1) is 6.04 Å². The Labute approximate surface area is 132 Å². The fourth-order valence-electron chi connectivity index (χ4n) is 1.78. The standard InChI is InChI=1S/C15H23ClN2OS/c1-4-19-11-5-10-17-15(20)18(3)12(2)13-6-8-14(16)9-7-13/h6-9,12H,4-5,10-11H2,1-3H3,(H,17,20). The number of hydrogen-bond donors (Lipinski definition) is 1. The van der Waals surface area contributed by atoms with Gasteiger partial charge in [0.15, 0.2) is 5.11 Å². The minimum atomic E-state index is 0.208. The molecule has 1 unspecified atom stereocenters. The lowest BCUT2D eigenvalue weighted by atomic mass is 10.1. The molecule has 0 spiro atoms. The van der Waals surface area contributed by atoms with Crippen LogP contribution in [0.1, 0.15) is 31.9 Å². The quantitative estimate of drug-likeness (QED) is 0.613. The molecule has 0 aliphatic heterocycles. The zero-order valence-electron chi connectivity index (χ0n) is 12.4. The smallest absolute Gasteiger partial charge is 0.169 e. The molecule has 0 saturated carbocycles. The van der Waals surface area contributed by atoms with E-state index in [1.54, 1.807) is 0 Å². The number of benzene rings is 1. The van der Waals surface area contributed by atoms with E-state index in [-0.39, 0.29) is 6.04 Å². The van der Waals surface area contributed by atoms with Gasteiger partial charge < -0.3 is 15.0 Å². The van der Waals surface area contributed by atoms with Crippen molar-refractivity contribution in [2.24, 2.45) is 0 Å². The molecule has 0 heterocycles. The Morgan fingerprint density at radius 2 is 2.05 bits per heavy atom. The van der Waals surface area contributed by atoms with Gasteiger partial charge in [0, 0.05) is 31.8 Å². The molecule has 112 valence electrons. The van der Waals surface area contributed by atoms with Gasteiger partial charge in [0.25, 0.3) is 0 Å². The van der Waals surface area contributed by atoms with Crippen LogP contribution in [0.4, 0.5) is 0 Å². The fourth-order valence-corrected chi connectivity index (χ4v) is 2.17. The van der Waals surface area contributed by atoms with Crippen LogP contribution in [0.5, 0.6) is 0 Å². The number of halogens is 1. The van der Waals surface area contributed by atoms with Crippen molar-refractivity contribution >= 4 is 28.9 Å². The molecule has 0 bridgehead atoms. The average Bonchev–Trinajstić information content (AvgIpc) is 2.46. The Bertz CT molecular complexity index is 411. The fraction of sp³-hybridized carbons (Fsp3) is 0.533. The first-order valence-electron chi connectivity index (χ1n) is 6.90. The molecule has 20 heavy (non-hydrogen) atoms. The zero-order valence-corrected chi connectivity index (χ0v) is 13.9. The maximum atomic E-state index is 5.91. The number of rotatable bonds is 7. The molecule has 1 aromatic rings. The van der Waals surface area contributed by atoms with E-state index in [2.05, 4.69) is 17.1 Å². The molecule has 1 atom stereocenters. The van der Waals surface area contributed by atoms with Gasteiger partial charge in [-0.15, -0.1) is 0 Å². The number of nitrogens with one attached hydrogen (secondary N) is 1. The summed E-state index contributed by atoms with van der Waals surface area (Å²) in [7, 11) is 2.00. The summed E-state index contributed by atoms with van der Waals surface area (Å²) < 4.78 is 5.29. The Hall–Kier alpha value is -0.840. The van der Waals surface area contributed by atoms with E-state index in [0.717, 1.165) is 36.3 Å². The summed E-state index contributed by atoms with van der Waals surface area (Å²) >= 11 is 11.3. The Kier molecular flexibility index (Phi) is 7.88. The molecular formula is C15H23ClN2OS. The summed E-state index contributed by atoms with van der Waals surface area (Å²) in [5, 5.41) is 4.76. The molecule has 5 heteroatoms. The molecule has 0 aliphatic carbocycles. The van der Waals surface area contributed by atoms with Crippen LogP contribution in [-0.4, -0.2) is 36.8 Å². The second kappa shape index (κ2) is 9.16. The van der Waals surface area contributed by atoms with E-state index < -0.39 is 0 Å². The summed E-state index contributed by atoms with van der Waals surface area (Å²) in [5.74, 6) is 0. The lowest BCUT2D eigenvalue weighted by Gasteiger charge is -2.28. The van der Waals surface area contributed by atoms with Gasteiger partial charge in [0.1, 0.15) is 0 Å². The van der Waals surface area contributed by atoms with Crippen molar-refractivity contribution in [3.05, 3.63) is 34.9 Å². The van der Waals surface area contributed by atoms with Gasteiger partial charge in [-0.25, -0.2) is 0 Å². The SMILES string of the molecule is CCOCCCNC(=S)N(C)C(C)c1ccc(Cl)cc1. The topological polar surface area (TPSA) is 24.5 Å². The number of nitrogens with zero attached hydrogens (tertiary/aromatic N) is 1.